The van der Waals surface area contributed by atoms with Gasteiger partial charge in [-0.2, -0.15) is 0 Å². The maximum atomic E-state index is 6.28. The predicted molar refractivity (Wildman–Crippen MR) is 82.7 cm³/mol. The molecule has 0 aromatic carbocycles. The van der Waals surface area contributed by atoms with E-state index < -0.39 is 5.72 Å². The number of rotatable bonds is 4. The molecule has 2 aliphatic heterocycles. The number of nitrogens with zero attached hydrogens (tertiary/aromatic N) is 1. The van der Waals surface area contributed by atoms with Crippen molar-refractivity contribution in [3.63, 3.8) is 0 Å². The average Bonchev–Trinajstić information content (AvgIpc) is 2.99. The smallest absolute Gasteiger partial charge is 0.195 e. The molecular weight excluding hydrogens is 266 g/mol. The lowest BCUT2D eigenvalue weighted by atomic mass is 9.77. The Morgan fingerprint density at radius 1 is 1.38 bits per heavy atom. The Bertz CT molecular complexity index is 410. The monoisotopic (exact) mass is 293 g/mol. The molecule has 0 aromatic rings. The van der Waals surface area contributed by atoms with Crippen molar-refractivity contribution in [2.75, 3.05) is 13.2 Å². The van der Waals surface area contributed by atoms with Gasteiger partial charge in [0, 0.05) is 18.7 Å². The highest BCUT2D eigenvalue weighted by Gasteiger charge is 2.41. The van der Waals surface area contributed by atoms with Gasteiger partial charge in [-0.05, 0) is 37.7 Å². The molecule has 0 spiro atoms. The van der Waals surface area contributed by atoms with Crippen molar-refractivity contribution in [2.24, 2.45) is 22.6 Å². The lowest BCUT2D eigenvalue weighted by Gasteiger charge is -2.40. The van der Waals surface area contributed by atoms with Crippen molar-refractivity contribution in [2.45, 2.75) is 57.3 Å². The predicted octanol–water partition coefficient (Wildman–Crippen LogP) is 2.14. The topological polar surface area (TPSA) is 68.9 Å². The summed E-state index contributed by atoms with van der Waals surface area (Å²) >= 11 is 0. The van der Waals surface area contributed by atoms with Crippen LogP contribution in [0.25, 0.3) is 0 Å². The molecule has 3 rings (SSSR count). The summed E-state index contributed by atoms with van der Waals surface area (Å²) in [7, 11) is 0. The highest BCUT2D eigenvalue weighted by Crippen LogP contribution is 2.40. The molecule has 21 heavy (non-hydrogen) atoms. The van der Waals surface area contributed by atoms with E-state index in [-0.39, 0.29) is 6.10 Å². The van der Waals surface area contributed by atoms with Crippen LogP contribution in [-0.4, -0.2) is 31.0 Å². The first kappa shape index (κ1) is 14.9. The number of nitrogens with one attached hydrogen (secondary N) is 1. The van der Waals surface area contributed by atoms with E-state index in [0.717, 1.165) is 38.2 Å². The summed E-state index contributed by atoms with van der Waals surface area (Å²) in [4.78, 5) is 4.64. The van der Waals surface area contributed by atoms with Crippen LogP contribution in [0.1, 0.15) is 45.4 Å². The van der Waals surface area contributed by atoms with Crippen molar-refractivity contribution >= 4 is 5.96 Å². The molecular formula is C16H27N3O2. The Labute approximate surface area is 127 Å². The largest absolute Gasteiger partial charge is 0.376 e. The summed E-state index contributed by atoms with van der Waals surface area (Å²) in [6.45, 7) is 3.78. The van der Waals surface area contributed by atoms with Crippen molar-refractivity contribution in [1.29, 1.82) is 0 Å². The molecule has 1 aliphatic carbocycles. The standard InChI is InChI=1S/C16H27N3O2/c1-12-4-6-13(7-5-12)16(8-9-18-15(17)19-16)21-11-14-3-2-10-20-14/h8-9,12-14H,2-7,10-11H2,1H3,(H3,17,18,19)/t12?,13?,14-,16?/m1/s1. The maximum Gasteiger partial charge on any atom is 0.195 e. The van der Waals surface area contributed by atoms with Crippen LogP contribution in [0.4, 0.5) is 0 Å². The number of hydrogen-bond acceptors (Lipinski definition) is 5. The number of guanidine groups is 1. The Kier molecular flexibility index (Phi) is 4.50. The fraction of sp³-hybridized carbons (Fsp3) is 0.812. The molecule has 3 aliphatic rings. The molecule has 1 saturated carbocycles. The van der Waals surface area contributed by atoms with E-state index in [4.69, 9.17) is 15.2 Å². The number of ether oxygens (including phenoxy) is 2. The zero-order chi connectivity index (χ0) is 14.7. The molecule has 3 N–H and O–H groups in total. The minimum atomic E-state index is -0.596. The SMILES string of the molecule is CC1CCC(C2(OC[C@H]3CCCO3)C=CNC(N)=N2)CC1. The second kappa shape index (κ2) is 6.36. The van der Waals surface area contributed by atoms with Crippen molar-refractivity contribution < 1.29 is 9.47 Å². The average molecular weight is 293 g/mol. The molecule has 0 amide bonds. The summed E-state index contributed by atoms with van der Waals surface area (Å²) in [5.41, 5.74) is 5.31. The molecule has 2 fully saturated rings. The van der Waals surface area contributed by atoms with E-state index in [0.29, 0.717) is 18.5 Å². The Hall–Kier alpha value is -1.07. The molecule has 1 saturated heterocycles. The minimum Gasteiger partial charge on any atom is -0.376 e. The van der Waals surface area contributed by atoms with Gasteiger partial charge in [0.05, 0.1) is 12.7 Å². The summed E-state index contributed by atoms with van der Waals surface area (Å²) in [6, 6.07) is 0. The van der Waals surface area contributed by atoms with Gasteiger partial charge in [-0.1, -0.05) is 19.8 Å². The van der Waals surface area contributed by atoms with Crippen molar-refractivity contribution in [3.8, 4) is 0 Å². The van der Waals surface area contributed by atoms with E-state index in [1.165, 1.54) is 12.8 Å². The van der Waals surface area contributed by atoms with E-state index in [1.807, 2.05) is 12.3 Å². The number of nitrogens with two attached hydrogens (primary N) is 1. The van der Waals surface area contributed by atoms with Crippen LogP contribution in [0.5, 0.6) is 0 Å². The normalized spacial score (nSPS) is 39.9. The Morgan fingerprint density at radius 3 is 2.86 bits per heavy atom. The number of aliphatic imine (C=N–C) groups is 1. The second-order valence-electron chi connectivity index (χ2n) is 6.63. The van der Waals surface area contributed by atoms with Gasteiger partial charge in [0.2, 0.25) is 0 Å². The van der Waals surface area contributed by atoms with E-state index in [9.17, 15) is 0 Å². The van der Waals surface area contributed by atoms with Gasteiger partial charge < -0.3 is 20.5 Å². The second-order valence-corrected chi connectivity index (χ2v) is 6.63. The van der Waals surface area contributed by atoms with Gasteiger partial charge in [0.15, 0.2) is 11.7 Å². The summed E-state index contributed by atoms with van der Waals surface area (Å²) in [5, 5.41) is 2.95. The fourth-order valence-electron chi connectivity index (χ4n) is 3.61. The van der Waals surface area contributed by atoms with Crippen LogP contribution >= 0.6 is 0 Å². The summed E-state index contributed by atoms with van der Waals surface area (Å²) in [5.74, 6) is 1.67. The van der Waals surface area contributed by atoms with Gasteiger partial charge in [0.25, 0.3) is 0 Å². The zero-order valence-corrected chi connectivity index (χ0v) is 12.9. The Morgan fingerprint density at radius 2 is 2.19 bits per heavy atom. The first-order valence-corrected chi connectivity index (χ1v) is 8.23. The van der Waals surface area contributed by atoms with Crippen molar-refractivity contribution in [1.82, 2.24) is 5.32 Å². The highest BCUT2D eigenvalue weighted by molar-refractivity contribution is 5.80. The van der Waals surface area contributed by atoms with Gasteiger partial charge >= 0.3 is 0 Å². The maximum absolute atomic E-state index is 6.28. The zero-order valence-electron chi connectivity index (χ0n) is 12.9. The lowest BCUT2D eigenvalue weighted by molar-refractivity contribution is -0.0922. The van der Waals surface area contributed by atoms with Gasteiger partial charge in [0.1, 0.15) is 0 Å². The Balaban J connectivity index is 1.71. The van der Waals surface area contributed by atoms with Crippen LogP contribution < -0.4 is 11.1 Å². The molecule has 5 nitrogen and oxygen atoms in total. The van der Waals surface area contributed by atoms with Crippen LogP contribution in [0, 0.1) is 11.8 Å². The highest BCUT2D eigenvalue weighted by atomic mass is 16.6. The molecule has 0 aromatic heterocycles. The van der Waals surface area contributed by atoms with E-state index >= 15 is 0 Å². The molecule has 0 radical (unpaired) electrons. The minimum absolute atomic E-state index is 0.212. The molecule has 0 bridgehead atoms. The van der Waals surface area contributed by atoms with Gasteiger partial charge in [-0.3, -0.25) is 0 Å². The van der Waals surface area contributed by atoms with Crippen LogP contribution in [0.2, 0.25) is 0 Å². The van der Waals surface area contributed by atoms with Crippen LogP contribution in [0.15, 0.2) is 17.3 Å². The third-order valence-electron chi connectivity index (χ3n) is 4.97. The summed E-state index contributed by atoms with van der Waals surface area (Å²) in [6.07, 6.45) is 11.1. The van der Waals surface area contributed by atoms with Gasteiger partial charge in [-0.15, -0.1) is 0 Å². The van der Waals surface area contributed by atoms with Crippen molar-refractivity contribution in [3.05, 3.63) is 12.3 Å². The third-order valence-corrected chi connectivity index (χ3v) is 4.97. The van der Waals surface area contributed by atoms with E-state index in [2.05, 4.69) is 17.2 Å². The van der Waals surface area contributed by atoms with Gasteiger partial charge in [-0.25, -0.2) is 4.99 Å². The molecule has 2 atom stereocenters. The first-order chi connectivity index (χ1) is 10.2. The molecule has 1 unspecified atom stereocenters. The fourth-order valence-corrected chi connectivity index (χ4v) is 3.61. The quantitative estimate of drug-likeness (QED) is 0.833. The van der Waals surface area contributed by atoms with Crippen LogP contribution in [-0.2, 0) is 9.47 Å². The number of hydrogen-bond donors (Lipinski definition) is 2. The molecule has 2 heterocycles. The third kappa shape index (κ3) is 3.40. The van der Waals surface area contributed by atoms with E-state index in [1.54, 1.807) is 0 Å². The summed E-state index contributed by atoms with van der Waals surface area (Å²) < 4.78 is 12.0. The lowest BCUT2D eigenvalue weighted by Crippen LogP contribution is -2.47. The van der Waals surface area contributed by atoms with Crippen LogP contribution in [0.3, 0.4) is 0 Å². The first-order valence-electron chi connectivity index (χ1n) is 8.23. The molecule has 5 heteroatoms. The molecule has 118 valence electrons.